The Bertz CT molecular complexity index is 969. The van der Waals surface area contributed by atoms with E-state index in [9.17, 15) is 4.79 Å². The standard InChI is InChI=1S/C19H21ClN6O/c1-12-9-13(2)26(25-12)18-11-21-10-17(24-18)22-8-7-19(27)23-16-6-4-5-15(20)14(16)3/h4-6,9-11H,7-8H2,1-3H3,(H,22,24)(H,23,27). The molecule has 3 rings (SSSR count). The van der Waals surface area contributed by atoms with Gasteiger partial charge >= 0.3 is 0 Å². The minimum atomic E-state index is -0.101. The van der Waals surface area contributed by atoms with Crippen LogP contribution in [-0.4, -0.2) is 32.2 Å². The summed E-state index contributed by atoms with van der Waals surface area (Å²) in [6, 6.07) is 7.41. The Morgan fingerprint density at radius 3 is 2.78 bits per heavy atom. The lowest BCUT2D eigenvalue weighted by molar-refractivity contribution is -0.115. The van der Waals surface area contributed by atoms with Crippen LogP contribution in [0.15, 0.2) is 36.7 Å². The van der Waals surface area contributed by atoms with Gasteiger partial charge in [0.1, 0.15) is 5.82 Å². The molecule has 0 aliphatic heterocycles. The highest BCUT2D eigenvalue weighted by Gasteiger charge is 2.09. The van der Waals surface area contributed by atoms with E-state index >= 15 is 0 Å². The second-order valence-corrected chi connectivity index (χ2v) is 6.65. The maximum absolute atomic E-state index is 12.2. The van der Waals surface area contributed by atoms with Crippen molar-refractivity contribution in [2.24, 2.45) is 0 Å². The van der Waals surface area contributed by atoms with Crippen molar-refractivity contribution in [1.29, 1.82) is 0 Å². The molecule has 0 radical (unpaired) electrons. The minimum absolute atomic E-state index is 0.101. The number of halogens is 1. The number of nitrogens with one attached hydrogen (secondary N) is 2. The van der Waals surface area contributed by atoms with E-state index in [0.29, 0.717) is 23.2 Å². The molecule has 2 N–H and O–H groups in total. The van der Waals surface area contributed by atoms with Crippen molar-refractivity contribution in [3.05, 3.63) is 58.6 Å². The fourth-order valence-electron chi connectivity index (χ4n) is 2.66. The van der Waals surface area contributed by atoms with Gasteiger partial charge in [-0.05, 0) is 44.5 Å². The molecule has 0 unspecified atom stereocenters. The Morgan fingerprint density at radius 2 is 2.04 bits per heavy atom. The van der Waals surface area contributed by atoms with Crippen molar-refractivity contribution < 1.29 is 4.79 Å². The molecule has 1 aromatic carbocycles. The molecule has 7 nitrogen and oxygen atoms in total. The smallest absolute Gasteiger partial charge is 0.226 e. The number of anilines is 2. The van der Waals surface area contributed by atoms with Gasteiger partial charge in [-0.1, -0.05) is 17.7 Å². The number of nitrogens with zero attached hydrogens (tertiary/aromatic N) is 4. The van der Waals surface area contributed by atoms with Crippen LogP contribution in [0.2, 0.25) is 5.02 Å². The number of carbonyl (C=O) groups excluding carboxylic acids is 1. The van der Waals surface area contributed by atoms with Gasteiger partial charge in [0.2, 0.25) is 5.91 Å². The number of aromatic nitrogens is 4. The van der Waals surface area contributed by atoms with Crippen LogP contribution in [0.25, 0.3) is 5.82 Å². The molecule has 2 aromatic heterocycles. The molecule has 27 heavy (non-hydrogen) atoms. The van der Waals surface area contributed by atoms with Crippen molar-refractivity contribution in [2.75, 3.05) is 17.2 Å². The fraction of sp³-hybridized carbons (Fsp3) is 0.263. The summed E-state index contributed by atoms with van der Waals surface area (Å²) in [5.74, 6) is 1.12. The van der Waals surface area contributed by atoms with Crippen molar-refractivity contribution in [3.8, 4) is 5.82 Å². The largest absolute Gasteiger partial charge is 0.368 e. The maximum atomic E-state index is 12.2. The van der Waals surface area contributed by atoms with Gasteiger partial charge in [-0.2, -0.15) is 5.10 Å². The Labute approximate surface area is 162 Å². The first kappa shape index (κ1) is 18.8. The van der Waals surface area contributed by atoms with Crippen LogP contribution in [0.4, 0.5) is 11.5 Å². The number of carbonyl (C=O) groups is 1. The second kappa shape index (κ2) is 8.18. The first-order valence-corrected chi connectivity index (χ1v) is 8.96. The summed E-state index contributed by atoms with van der Waals surface area (Å²) in [5, 5.41) is 11.0. The normalized spacial score (nSPS) is 10.7. The zero-order valence-electron chi connectivity index (χ0n) is 15.5. The van der Waals surface area contributed by atoms with Gasteiger partial charge in [0, 0.05) is 29.4 Å². The van der Waals surface area contributed by atoms with E-state index < -0.39 is 0 Å². The van der Waals surface area contributed by atoms with E-state index in [1.54, 1.807) is 23.1 Å². The molecular weight excluding hydrogens is 364 g/mol. The first-order chi connectivity index (χ1) is 12.9. The van der Waals surface area contributed by atoms with Crippen LogP contribution >= 0.6 is 11.6 Å². The molecule has 0 saturated carbocycles. The van der Waals surface area contributed by atoms with Crippen molar-refractivity contribution in [1.82, 2.24) is 19.7 Å². The molecule has 0 aliphatic rings. The summed E-state index contributed by atoms with van der Waals surface area (Å²) in [4.78, 5) is 20.9. The lowest BCUT2D eigenvalue weighted by Gasteiger charge is -2.10. The predicted octanol–water partition coefficient (Wildman–Crippen LogP) is 3.68. The lowest BCUT2D eigenvalue weighted by Crippen LogP contribution is -2.17. The van der Waals surface area contributed by atoms with E-state index in [-0.39, 0.29) is 12.3 Å². The van der Waals surface area contributed by atoms with Crippen molar-refractivity contribution in [2.45, 2.75) is 27.2 Å². The van der Waals surface area contributed by atoms with Gasteiger partial charge in [-0.15, -0.1) is 0 Å². The molecule has 0 atom stereocenters. The third-order valence-corrected chi connectivity index (χ3v) is 4.46. The van der Waals surface area contributed by atoms with Crippen LogP contribution in [0, 0.1) is 20.8 Å². The average Bonchev–Trinajstić information content (AvgIpc) is 2.97. The quantitative estimate of drug-likeness (QED) is 0.677. The van der Waals surface area contributed by atoms with E-state index in [0.717, 1.165) is 22.6 Å². The van der Waals surface area contributed by atoms with Crippen molar-refractivity contribution in [3.63, 3.8) is 0 Å². The Morgan fingerprint density at radius 1 is 1.22 bits per heavy atom. The zero-order chi connectivity index (χ0) is 19.4. The van der Waals surface area contributed by atoms with Crippen LogP contribution < -0.4 is 10.6 Å². The third kappa shape index (κ3) is 4.62. The van der Waals surface area contributed by atoms with Gasteiger partial charge in [-0.3, -0.25) is 9.78 Å². The van der Waals surface area contributed by atoms with Crippen LogP contribution in [0.5, 0.6) is 0 Å². The molecule has 0 fully saturated rings. The molecule has 8 heteroatoms. The third-order valence-electron chi connectivity index (χ3n) is 4.05. The highest BCUT2D eigenvalue weighted by atomic mass is 35.5. The van der Waals surface area contributed by atoms with Crippen LogP contribution in [-0.2, 0) is 4.79 Å². The molecule has 2 heterocycles. The molecular formula is C19H21ClN6O. The Balaban J connectivity index is 1.57. The Hall–Kier alpha value is -2.93. The molecule has 0 spiro atoms. The van der Waals surface area contributed by atoms with Gasteiger partial charge in [0.05, 0.1) is 18.1 Å². The summed E-state index contributed by atoms with van der Waals surface area (Å²) in [5.41, 5.74) is 3.47. The topological polar surface area (TPSA) is 84.7 Å². The van der Waals surface area contributed by atoms with Crippen LogP contribution in [0.1, 0.15) is 23.4 Å². The summed E-state index contributed by atoms with van der Waals surface area (Å²) in [6.07, 6.45) is 3.56. The molecule has 0 aliphatic carbocycles. The van der Waals surface area contributed by atoms with Gasteiger partial charge in [0.25, 0.3) is 0 Å². The lowest BCUT2D eigenvalue weighted by atomic mass is 10.2. The summed E-state index contributed by atoms with van der Waals surface area (Å²) >= 11 is 6.07. The first-order valence-electron chi connectivity index (χ1n) is 8.58. The fourth-order valence-corrected chi connectivity index (χ4v) is 2.84. The number of hydrogen-bond acceptors (Lipinski definition) is 5. The average molecular weight is 385 g/mol. The Kier molecular flexibility index (Phi) is 5.71. The van der Waals surface area contributed by atoms with Gasteiger partial charge < -0.3 is 10.6 Å². The second-order valence-electron chi connectivity index (χ2n) is 6.24. The highest BCUT2D eigenvalue weighted by molar-refractivity contribution is 6.31. The van der Waals surface area contributed by atoms with Gasteiger partial charge in [-0.25, -0.2) is 9.67 Å². The number of benzene rings is 1. The predicted molar refractivity (Wildman–Crippen MR) is 107 cm³/mol. The number of aryl methyl sites for hydroxylation is 2. The van der Waals surface area contributed by atoms with E-state index in [2.05, 4.69) is 25.7 Å². The molecule has 140 valence electrons. The molecule has 1 amide bonds. The maximum Gasteiger partial charge on any atom is 0.226 e. The summed E-state index contributed by atoms with van der Waals surface area (Å²) < 4.78 is 1.74. The number of rotatable bonds is 6. The van der Waals surface area contributed by atoms with Gasteiger partial charge in [0.15, 0.2) is 5.82 Å². The van der Waals surface area contributed by atoms with E-state index in [1.807, 2.05) is 39.0 Å². The minimum Gasteiger partial charge on any atom is -0.368 e. The number of amides is 1. The molecule has 3 aromatic rings. The van der Waals surface area contributed by atoms with Crippen LogP contribution in [0.3, 0.4) is 0 Å². The summed E-state index contributed by atoms with van der Waals surface area (Å²) in [7, 11) is 0. The molecule has 0 bridgehead atoms. The molecule has 0 saturated heterocycles. The monoisotopic (exact) mass is 384 g/mol. The zero-order valence-corrected chi connectivity index (χ0v) is 16.2. The SMILES string of the molecule is Cc1cc(C)n(-c2cncc(NCCC(=O)Nc3cccc(Cl)c3C)n2)n1. The number of hydrogen-bond donors (Lipinski definition) is 2. The van der Waals surface area contributed by atoms with E-state index in [1.165, 1.54) is 0 Å². The summed E-state index contributed by atoms with van der Waals surface area (Å²) in [6.45, 7) is 6.19. The van der Waals surface area contributed by atoms with E-state index in [4.69, 9.17) is 11.6 Å². The highest BCUT2D eigenvalue weighted by Crippen LogP contribution is 2.23. The van der Waals surface area contributed by atoms with Crippen molar-refractivity contribution >= 4 is 29.0 Å².